The summed E-state index contributed by atoms with van der Waals surface area (Å²) in [4.78, 5) is 19.2. The van der Waals surface area contributed by atoms with Crippen LogP contribution in [0.3, 0.4) is 0 Å². The highest BCUT2D eigenvalue weighted by atomic mass is 35.5. The van der Waals surface area contributed by atoms with Gasteiger partial charge in [0.05, 0.1) is 18.7 Å². The lowest BCUT2D eigenvalue weighted by atomic mass is 9.89. The molecule has 0 unspecified atom stereocenters. The normalized spacial score (nSPS) is 17.5. The Morgan fingerprint density at radius 2 is 1.64 bits per heavy atom. The number of hydrogen-bond donors (Lipinski definition) is 1. The van der Waals surface area contributed by atoms with Crippen molar-refractivity contribution >= 4 is 38.9 Å². The van der Waals surface area contributed by atoms with E-state index < -0.39 is 0 Å². The van der Waals surface area contributed by atoms with E-state index in [0.29, 0.717) is 22.5 Å². The van der Waals surface area contributed by atoms with Crippen molar-refractivity contribution < 1.29 is 14.6 Å². The predicted molar refractivity (Wildman–Crippen MR) is 161 cm³/mol. The number of aliphatic hydroxyl groups is 1. The fraction of sp³-hybridized carbons (Fsp3) is 0.344. The van der Waals surface area contributed by atoms with Gasteiger partial charge in [0.1, 0.15) is 10.6 Å². The van der Waals surface area contributed by atoms with Gasteiger partial charge in [0, 0.05) is 34.3 Å². The first kappa shape index (κ1) is 27.7. The number of fused-ring (bicyclic) bond motifs is 1. The second kappa shape index (κ2) is 12.1. The van der Waals surface area contributed by atoms with E-state index in [1.54, 1.807) is 7.11 Å². The highest BCUT2D eigenvalue weighted by molar-refractivity contribution is 7.21. The lowest BCUT2D eigenvalue weighted by Gasteiger charge is -2.39. The zero-order valence-electron chi connectivity index (χ0n) is 22.7. The number of halogens is 1. The summed E-state index contributed by atoms with van der Waals surface area (Å²) >= 11 is 8.28. The third-order valence-corrected chi connectivity index (χ3v) is 9.58. The van der Waals surface area contributed by atoms with Crippen LogP contribution in [-0.4, -0.2) is 54.1 Å². The van der Waals surface area contributed by atoms with Gasteiger partial charge in [-0.15, -0.1) is 11.3 Å². The van der Waals surface area contributed by atoms with Crippen LogP contribution in [0.15, 0.2) is 66.7 Å². The Balaban J connectivity index is 1.51. The van der Waals surface area contributed by atoms with Crippen molar-refractivity contribution in [1.82, 2.24) is 9.80 Å². The number of rotatable bonds is 8. The molecule has 1 saturated carbocycles. The summed E-state index contributed by atoms with van der Waals surface area (Å²) in [5, 5.41) is 10.9. The molecule has 1 aliphatic rings. The van der Waals surface area contributed by atoms with Crippen LogP contribution in [0.5, 0.6) is 5.75 Å². The average Bonchev–Trinajstić information content (AvgIpc) is 3.32. The maximum Gasteiger partial charge on any atom is 0.266 e. The van der Waals surface area contributed by atoms with E-state index in [0.717, 1.165) is 63.8 Å². The van der Waals surface area contributed by atoms with Gasteiger partial charge in [0.25, 0.3) is 5.91 Å². The third-order valence-electron chi connectivity index (χ3n) is 7.92. The monoisotopic (exact) mass is 562 g/mol. The molecule has 1 amide bonds. The van der Waals surface area contributed by atoms with Crippen molar-refractivity contribution in [3.63, 3.8) is 0 Å². The van der Waals surface area contributed by atoms with Gasteiger partial charge in [0.15, 0.2) is 0 Å². The van der Waals surface area contributed by atoms with E-state index in [1.807, 2.05) is 65.6 Å². The smallest absolute Gasteiger partial charge is 0.266 e. The zero-order valence-corrected chi connectivity index (χ0v) is 24.3. The molecule has 1 aromatic heterocycles. The summed E-state index contributed by atoms with van der Waals surface area (Å²) in [5.41, 5.74) is 3.92. The molecule has 1 fully saturated rings. The second-order valence-electron chi connectivity index (χ2n) is 10.5. The minimum absolute atomic E-state index is 0.0154. The highest BCUT2D eigenvalue weighted by Gasteiger charge is 2.33. The molecule has 0 spiro atoms. The summed E-state index contributed by atoms with van der Waals surface area (Å²) in [6.45, 7) is 0.452. The molecule has 1 N–H and O–H groups in total. The van der Waals surface area contributed by atoms with Gasteiger partial charge < -0.3 is 19.6 Å². The number of carbonyl (C=O) groups is 1. The summed E-state index contributed by atoms with van der Waals surface area (Å²) in [6.07, 6.45) is 4.00. The fourth-order valence-corrected chi connectivity index (χ4v) is 7.07. The molecule has 5 rings (SSSR count). The molecule has 5 nitrogen and oxygen atoms in total. The largest absolute Gasteiger partial charge is 0.496 e. The molecule has 39 heavy (non-hydrogen) atoms. The van der Waals surface area contributed by atoms with Gasteiger partial charge >= 0.3 is 0 Å². The average molecular weight is 563 g/mol. The Morgan fingerprint density at radius 3 is 2.28 bits per heavy atom. The van der Waals surface area contributed by atoms with Crippen molar-refractivity contribution in [2.45, 2.75) is 50.9 Å². The van der Waals surface area contributed by atoms with E-state index in [9.17, 15) is 9.90 Å². The molecule has 1 heterocycles. The van der Waals surface area contributed by atoms with Gasteiger partial charge in [-0.05, 0) is 74.7 Å². The Labute approximate surface area is 239 Å². The highest BCUT2D eigenvalue weighted by Crippen LogP contribution is 2.38. The molecule has 1 aliphatic carbocycles. The maximum absolute atomic E-state index is 14.3. The molecule has 0 atom stereocenters. The van der Waals surface area contributed by atoms with Crippen LogP contribution in [0.1, 0.15) is 46.5 Å². The second-order valence-corrected chi connectivity index (χ2v) is 11.9. The first-order valence-corrected chi connectivity index (χ1v) is 14.6. The minimum Gasteiger partial charge on any atom is -0.496 e. The Bertz CT molecular complexity index is 1440. The van der Waals surface area contributed by atoms with Crippen LogP contribution in [0.2, 0.25) is 5.02 Å². The van der Waals surface area contributed by atoms with Crippen molar-refractivity contribution in [2.24, 2.45) is 0 Å². The van der Waals surface area contributed by atoms with Crippen LogP contribution >= 0.6 is 22.9 Å². The van der Waals surface area contributed by atoms with Crippen LogP contribution < -0.4 is 4.74 Å². The number of benzene rings is 3. The van der Waals surface area contributed by atoms with Crippen molar-refractivity contribution in [3.8, 4) is 16.9 Å². The van der Waals surface area contributed by atoms with E-state index in [4.69, 9.17) is 16.3 Å². The number of hydrogen-bond acceptors (Lipinski definition) is 5. The fourth-order valence-electron chi connectivity index (χ4n) is 5.60. The van der Waals surface area contributed by atoms with Gasteiger partial charge in [-0.1, -0.05) is 60.1 Å². The molecule has 0 saturated heterocycles. The number of nitrogens with zero attached hydrogens (tertiary/aromatic N) is 2. The van der Waals surface area contributed by atoms with Gasteiger partial charge in [-0.2, -0.15) is 0 Å². The zero-order chi connectivity index (χ0) is 27.5. The van der Waals surface area contributed by atoms with Crippen LogP contribution in [-0.2, 0) is 13.2 Å². The molecule has 0 bridgehead atoms. The van der Waals surface area contributed by atoms with E-state index >= 15 is 0 Å². The standard InChI is InChI=1S/C32H35ClN2O3S/c1-34(2)25-13-15-26(16-14-25)35(32(37)31-30(33)27-6-4-5-7-29(27)39-31)19-24-18-23(12-17-28(24)38-3)22-10-8-21(20-36)9-11-22/h4-12,17-18,25-26,36H,13-16,19-20H2,1-3H3. The number of amides is 1. The molecule has 0 aliphatic heterocycles. The molecule has 7 heteroatoms. The van der Waals surface area contributed by atoms with Crippen molar-refractivity contribution in [2.75, 3.05) is 21.2 Å². The molecule has 4 aromatic rings. The SMILES string of the molecule is COc1ccc(-c2ccc(CO)cc2)cc1CN(C(=O)c1sc2ccccc2c1Cl)C1CCC(N(C)C)CC1. The number of methoxy groups -OCH3 is 1. The van der Waals surface area contributed by atoms with Crippen LogP contribution in [0, 0.1) is 0 Å². The first-order valence-electron chi connectivity index (χ1n) is 13.4. The minimum atomic E-state index is -0.0192. The van der Waals surface area contributed by atoms with Crippen molar-refractivity contribution in [3.05, 3.63) is 87.8 Å². The lowest BCUT2D eigenvalue weighted by Crippen LogP contribution is -2.44. The number of carbonyl (C=O) groups excluding carboxylic acids is 1. The quantitative estimate of drug-likeness (QED) is 0.246. The number of thiophene rings is 1. The maximum atomic E-state index is 14.3. The first-order chi connectivity index (χ1) is 18.9. The van der Waals surface area contributed by atoms with Gasteiger partial charge in [0.2, 0.25) is 0 Å². The van der Waals surface area contributed by atoms with Crippen LogP contribution in [0.4, 0.5) is 0 Å². The molecule has 204 valence electrons. The molecular formula is C32H35ClN2O3S. The van der Waals surface area contributed by atoms with Crippen LogP contribution in [0.25, 0.3) is 21.2 Å². The molecule has 0 radical (unpaired) electrons. The lowest BCUT2D eigenvalue weighted by molar-refractivity contribution is 0.0573. The summed E-state index contributed by atoms with van der Waals surface area (Å²) in [7, 11) is 5.94. The van der Waals surface area contributed by atoms with E-state index in [-0.39, 0.29) is 18.6 Å². The Morgan fingerprint density at radius 1 is 0.974 bits per heavy atom. The third kappa shape index (κ3) is 5.85. The van der Waals surface area contributed by atoms with Crippen molar-refractivity contribution in [1.29, 1.82) is 0 Å². The predicted octanol–water partition coefficient (Wildman–Crippen LogP) is 7.24. The van der Waals surface area contributed by atoms with Gasteiger partial charge in [-0.25, -0.2) is 0 Å². The van der Waals surface area contributed by atoms with E-state index in [1.165, 1.54) is 11.3 Å². The van der Waals surface area contributed by atoms with Gasteiger partial charge in [-0.3, -0.25) is 4.79 Å². The molecule has 3 aromatic carbocycles. The molecular weight excluding hydrogens is 528 g/mol. The topological polar surface area (TPSA) is 53.0 Å². The number of ether oxygens (including phenoxy) is 1. The Kier molecular flexibility index (Phi) is 8.57. The summed E-state index contributed by atoms with van der Waals surface area (Å²) in [5.74, 6) is 0.738. The summed E-state index contributed by atoms with van der Waals surface area (Å²) in [6, 6.07) is 22.6. The summed E-state index contributed by atoms with van der Waals surface area (Å²) < 4.78 is 6.79. The Hall–Kier alpha value is -2.90. The van der Waals surface area contributed by atoms with E-state index in [2.05, 4.69) is 25.1 Å². The number of aliphatic hydroxyl groups excluding tert-OH is 1.